The highest BCUT2D eigenvalue weighted by Crippen LogP contribution is 2.69. The summed E-state index contributed by atoms with van der Waals surface area (Å²) in [6, 6.07) is 6.02. The largest absolute Gasteiger partial charge is 0.497 e. The maximum Gasteiger partial charge on any atom is 0.338 e. The number of methoxy groups -OCH3 is 1. The molecule has 5 aliphatic carbocycles. The lowest BCUT2D eigenvalue weighted by atomic mass is 9.46. The van der Waals surface area contributed by atoms with E-state index in [1.165, 1.54) is 48.8 Å². The molecule has 4 saturated carbocycles. The summed E-state index contributed by atoms with van der Waals surface area (Å²) in [5.41, 5.74) is -1.40. The number of allylic oxidation sites excluding steroid dienone is 1. The summed E-state index contributed by atoms with van der Waals surface area (Å²) in [5.74, 6) is -2.58. The van der Waals surface area contributed by atoms with E-state index in [0.717, 1.165) is 25.7 Å². The number of esters is 3. The lowest BCUT2D eigenvalue weighted by Gasteiger charge is -2.59. The van der Waals surface area contributed by atoms with Crippen LogP contribution in [-0.2, 0) is 57.1 Å². The van der Waals surface area contributed by atoms with E-state index in [4.69, 9.17) is 37.9 Å². The zero-order chi connectivity index (χ0) is 56.0. The number of nitrogens with zero attached hydrogens (tertiary/aromatic N) is 1. The minimum Gasteiger partial charge on any atom is -0.497 e. The number of fused-ring (bicyclic) bond motifs is 5. The second kappa shape index (κ2) is 23.5. The van der Waals surface area contributed by atoms with Crippen LogP contribution < -0.4 is 4.74 Å². The summed E-state index contributed by atoms with van der Waals surface area (Å²) in [5, 5.41) is 47.1. The Morgan fingerprint density at radius 2 is 1.46 bits per heavy atom. The van der Waals surface area contributed by atoms with Crippen molar-refractivity contribution < 1.29 is 87.1 Å². The molecule has 0 aromatic heterocycles. The number of ketones is 1. The van der Waals surface area contributed by atoms with Crippen molar-refractivity contribution in [3.8, 4) is 5.75 Å². The Balaban J connectivity index is 0.922. The molecular formula is C59H81NO18. The zero-order valence-corrected chi connectivity index (χ0v) is 46.1. The topological polar surface area (TPSA) is 260 Å². The average Bonchev–Trinajstić information content (AvgIpc) is 4.04. The van der Waals surface area contributed by atoms with Crippen molar-refractivity contribution in [2.24, 2.45) is 52.3 Å². The van der Waals surface area contributed by atoms with E-state index in [1.54, 1.807) is 19.1 Å². The molecule has 4 unspecified atom stereocenters. The van der Waals surface area contributed by atoms with Crippen molar-refractivity contribution in [3.05, 3.63) is 53.6 Å². The molecular weight excluding hydrogens is 1010 g/mol. The molecule has 0 bridgehead atoms. The maximum absolute atomic E-state index is 14.4. The molecule has 1 aromatic carbocycles. The number of Topliss-reactive ketones (excluding diaryl/α,β-unsaturated/α-hetero) is 1. The standard InChI is InChI=1S/C59H81NO18/c1-31(2)8-19-43(62)32(3)59(70)46(76-56-52(74-33(4)61)50(45(64)30-73-56)78-55-51(49(67)44(63)29-72-55)77-54(69)36-13-16-38(71-7)17-14-36)27-42-40-18-15-37-26-39(22-24-57(37,5)41(40)23-25-58(42,59)6)75-53(68)35-11-9-34(10-12-35)28-60-47(65)20-21-48(60)66/h13-17,20-21,31-32,34-35,39-42,44-46,49-52,55-56,63-64,67,70H,8-12,18-19,22-30H2,1-7H3/t32-,34?,35?,39+,40?,41?,42?,44-,45+,46+,49+,50+,51-,52-,55+,56?,57+,58+,59-/m1/s1. The fraction of sp³-hybridized carbons (Fsp3) is 0.729. The maximum atomic E-state index is 14.4. The third-order valence-corrected chi connectivity index (χ3v) is 19.5. The number of benzene rings is 1. The van der Waals surface area contributed by atoms with Crippen LogP contribution in [0.25, 0.3) is 0 Å². The summed E-state index contributed by atoms with van der Waals surface area (Å²) < 4.78 is 48.3. The van der Waals surface area contributed by atoms with Crippen LogP contribution in [0.3, 0.4) is 0 Å². The van der Waals surface area contributed by atoms with Gasteiger partial charge in [0.1, 0.15) is 47.7 Å². The van der Waals surface area contributed by atoms with E-state index in [1.807, 2.05) is 13.8 Å². The summed E-state index contributed by atoms with van der Waals surface area (Å²) in [4.78, 5) is 80.0. The minimum absolute atomic E-state index is 0.0871. The van der Waals surface area contributed by atoms with Crippen LogP contribution in [0.15, 0.2) is 48.1 Å². The normalized spacial score (nSPS) is 39.8. The Kier molecular flexibility index (Phi) is 17.5. The van der Waals surface area contributed by atoms with Crippen molar-refractivity contribution >= 4 is 35.5 Å². The van der Waals surface area contributed by atoms with Crippen molar-refractivity contribution in [2.75, 3.05) is 26.9 Å². The predicted molar refractivity (Wildman–Crippen MR) is 276 cm³/mol. The number of imide groups is 1. The molecule has 3 aliphatic heterocycles. The molecule has 17 atom stereocenters. The van der Waals surface area contributed by atoms with Crippen LogP contribution in [0.2, 0.25) is 0 Å². The second-order valence-corrected chi connectivity index (χ2v) is 24.5. The fourth-order valence-electron chi connectivity index (χ4n) is 14.9. The number of amides is 2. The molecule has 9 rings (SSSR count). The van der Waals surface area contributed by atoms with E-state index in [-0.39, 0.29) is 82.6 Å². The molecule has 0 radical (unpaired) electrons. The van der Waals surface area contributed by atoms with Gasteiger partial charge in [-0.3, -0.25) is 28.9 Å². The molecule has 19 nitrogen and oxygen atoms in total. The predicted octanol–water partition coefficient (Wildman–Crippen LogP) is 5.31. The van der Waals surface area contributed by atoms with Gasteiger partial charge in [0.05, 0.1) is 37.9 Å². The number of carbonyl (C=O) groups excluding carboxylic acids is 6. The quantitative estimate of drug-likeness (QED) is 0.0667. The highest BCUT2D eigenvalue weighted by atomic mass is 16.8. The monoisotopic (exact) mass is 1090 g/mol. The average molecular weight is 1090 g/mol. The first-order chi connectivity index (χ1) is 37.1. The van der Waals surface area contributed by atoms with Gasteiger partial charge >= 0.3 is 17.9 Å². The zero-order valence-electron chi connectivity index (χ0n) is 46.1. The van der Waals surface area contributed by atoms with Gasteiger partial charge < -0.3 is 58.3 Å². The molecule has 78 heavy (non-hydrogen) atoms. The van der Waals surface area contributed by atoms with Crippen LogP contribution in [0.5, 0.6) is 5.75 Å². The van der Waals surface area contributed by atoms with E-state index in [0.29, 0.717) is 63.7 Å². The third kappa shape index (κ3) is 11.2. The first-order valence-corrected chi connectivity index (χ1v) is 28.3. The van der Waals surface area contributed by atoms with Gasteiger partial charge in [-0.15, -0.1) is 0 Å². The molecule has 8 aliphatic rings. The SMILES string of the molecule is COc1ccc(C(=O)O[C@H]2[C@H](O[C@H]3[C@@H](O)COC(O[C@H]4CC5C6CC=C7C[C@@H](OC(=O)C8CCC(CN9C(=O)C=CC9=O)CC8)CC[C@]7(C)C6CC[C@]5(C)[C@@]4(O)[C@H](C)C(=O)CCC(C)C)[C@@H]3OC(C)=O)OC[C@@H](O)[C@@H]2O)cc1. The van der Waals surface area contributed by atoms with Crippen LogP contribution >= 0.6 is 0 Å². The molecule has 2 amide bonds. The van der Waals surface area contributed by atoms with Crippen molar-refractivity contribution in [2.45, 2.75) is 192 Å². The molecule has 2 saturated heterocycles. The molecule has 19 heteroatoms. The first kappa shape index (κ1) is 58.1. The highest BCUT2D eigenvalue weighted by Gasteiger charge is 2.71. The Morgan fingerprint density at radius 3 is 2.12 bits per heavy atom. The van der Waals surface area contributed by atoms with Crippen molar-refractivity contribution in [1.29, 1.82) is 0 Å². The smallest absolute Gasteiger partial charge is 0.338 e. The Hall–Kier alpha value is -4.60. The molecule has 6 fully saturated rings. The molecule has 4 N–H and O–H groups in total. The highest BCUT2D eigenvalue weighted by molar-refractivity contribution is 6.12. The summed E-state index contributed by atoms with van der Waals surface area (Å²) >= 11 is 0. The Bertz CT molecular complexity index is 2430. The lowest BCUT2D eigenvalue weighted by molar-refractivity contribution is -0.345. The van der Waals surface area contributed by atoms with Crippen LogP contribution in [0.4, 0.5) is 0 Å². The van der Waals surface area contributed by atoms with Gasteiger partial charge in [0, 0.05) is 49.8 Å². The van der Waals surface area contributed by atoms with Gasteiger partial charge in [-0.1, -0.05) is 46.3 Å². The van der Waals surface area contributed by atoms with Crippen LogP contribution in [0.1, 0.15) is 135 Å². The Morgan fingerprint density at radius 1 is 0.795 bits per heavy atom. The number of rotatable bonds is 17. The summed E-state index contributed by atoms with van der Waals surface area (Å²) in [6.45, 7) is 11.0. The number of hydrogen-bond donors (Lipinski definition) is 4. The van der Waals surface area contributed by atoms with Gasteiger partial charge in [0.15, 0.2) is 24.8 Å². The number of aliphatic hydroxyl groups is 4. The lowest BCUT2D eigenvalue weighted by Crippen LogP contribution is -2.64. The van der Waals surface area contributed by atoms with Crippen molar-refractivity contribution in [3.63, 3.8) is 0 Å². The van der Waals surface area contributed by atoms with Gasteiger partial charge in [0.2, 0.25) is 0 Å². The molecule has 3 heterocycles. The van der Waals surface area contributed by atoms with E-state index in [9.17, 15) is 49.2 Å². The van der Waals surface area contributed by atoms with Crippen molar-refractivity contribution in [1.82, 2.24) is 4.90 Å². The van der Waals surface area contributed by atoms with Gasteiger partial charge in [-0.25, -0.2) is 4.79 Å². The number of carbonyl (C=O) groups is 6. The molecule has 1 aromatic rings. The van der Waals surface area contributed by atoms with Gasteiger partial charge in [0.25, 0.3) is 11.8 Å². The fourth-order valence-corrected chi connectivity index (χ4v) is 14.9. The number of hydrogen-bond acceptors (Lipinski definition) is 18. The summed E-state index contributed by atoms with van der Waals surface area (Å²) in [7, 11) is 1.48. The third-order valence-electron chi connectivity index (χ3n) is 19.5. The van der Waals surface area contributed by atoms with Gasteiger partial charge in [-0.2, -0.15) is 0 Å². The molecule has 430 valence electrons. The summed E-state index contributed by atoms with van der Waals surface area (Å²) in [6.07, 6.45) is -0.469. The minimum atomic E-state index is -1.74. The first-order valence-electron chi connectivity index (χ1n) is 28.3. The molecule has 0 spiro atoms. The van der Waals surface area contributed by atoms with Gasteiger partial charge in [-0.05, 0) is 130 Å². The van der Waals surface area contributed by atoms with Crippen LogP contribution in [-0.4, -0.2) is 155 Å². The number of ether oxygens (including phenoxy) is 8. The van der Waals surface area contributed by atoms with Crippen LogP contribution in [0, 0.1) is 52.3 Å². The van der Waals surface area contributed by atoms with E-state index in [2.05, 4.69) is 19.9 Å². The number of aliphatic hydroxyl groups excluding tert-OH is 3. The van der Waals surface area contributed by atoms with E-state index < -0.39 is 97.4 Å². The van der Waals surface area contributed by atoms with E-state index >= 15 is 0 Å². The second-order valence-electron chi connectivity index (χ2n) is 24.5. The Labute approximate surface area is 456 Å².